The normalized spacial score (nSPS) is 10.6. The fraction of sp³-hybridized carbons (Fsp3) is 0.294. The third-order valence-corrected chi connectivity index (χ3v) is 3.20. The molecule has 3 aromatic rings. The van der Waals surface area contributed by atoms with Gasteiger partial charge in [-0.15, -0.1) is 0 Å². The largest absolute Gasteiger partial charge is 0.253 e. The first-order valence-electron chi connectivity index (χ1n) is 7.25. The Labute approximate surface area is 124 Å². The molecule has 3 heterocycles. The quantitative estimate of drug-likeness (QED) is 0.684. The first-order valence-corrected chi connectivity index (χ1v) is 7.25. The van der Waals surface area contributed by atoms with Gasteiger partial charge < -0.3 is 0 Å². The number of rotatable bonds is 2. The van der Waals surface area contributed by atoms with Crippen LogP contribution in [0.1, 0.15) is 39.2 Å². The molecule has 0 fully saturated rings. The van der Waals surface area contributed by atoms with Gasteiger partial charge >= 0.3 is 0 Å². The van der Waals surface area contributed by atoms with Crippen LogP contribution in [0, 0.1) is 5.82 Å². The van der Waals surface area contributed by atoms with Gasteiger partial charge in [0.2, 0.25) is 0 Å². The van der Waals surface area contributed by atoms with Crippen molar-refractivity contribution in [2.24, 2.45) is 0 Å². The molecule has 0 N–H and O–H groups in total. The standard InChI is InChI=1S/C15H14FN3.C2H6/c1-10(2)12-8-18-19-9-11(5-6-14(12)19)15-13(16)4-3-7-17-15;1-2/h3-10H,1-2H3;1-2H3. The van der Waals surface area contributed by atoms with Crippen LogP contribution in [0.5, 0.6) is 0 Å². The molecule has 4 heteroatoms. The summed E-state index contributed by atoms with van der Waals surface area (Å²) >= 11 is 0. The molecule has 3 aromatic heterocycles. The first-order chi connectivity index (χ1) is 10.2. The number of pyridine rings is 2. The minimum absolute atomic E-state index is 0.321. The van der Waals surface area contributed by atoms with Crippen molar-refractivity contribution < 1.29 is 4.39 Å². The van der Waals surface area contributed by atoms with Crippen molar-refractivity contribution in [2.75, 3.05) is 0 Å². The minimum atomic E-state index is -0.321. The second-order valence-corrected chi connectivity index (χ2v) is 4.84. The Morgan fingerprint density at radius 2 is 1.90 bits per heavy atom. The average molecular weight is 285 g/mol. The number of halogens is 1. The summed E-state index contributed by atoms with van der Waals surface area (Å²) in [7, 11) is 0. The maximum atomic E-state index is 13.7. The van der Waals surface area contributed by atoms with E-state index < -0.39 is 0 Å². The molecule has 0 spiro atoms. The van der Waals surface area contributed by atoms with Gasteiger partial charge in [-0.05, 0) is 30.2 Å². The highest BCUT2D eigenvalue weighted by molar-refractivity contribution is 5.64. The van der Waals surface area contributed by atoms with E-state index in [1.807, 2.05) is 38.4 Å². The van der Waals surface area contributed by atoms with Gasteiger partial charge in [0, 0.05) is 23.5 Å². The van der Waals surface area contributed by atoms with Gasteiger partial charge in [0.25, 0.3) is 0 Å². The first kappa shape index (κ1) is 15.2. The zero-order valence-corrected chi connectivity index (χ0v) is 12.8. The van der Waals surface area contributed by atoms with Crippen LogP contribution in [0.3, 0.4) is 0 Å². The zero-order chi connectivity index (χ0) is 15.4. The maximum Gasteiger partial charge on any atom is 0.149 e. The van der Waals surface area contributed by atoms with Crippen LogP contribution in [0.15, 0.2) is 42.9 Å². The fourth-order valence-corrected chi connectivity index (χ4v) is 2.19. The monoisotopic (exact) mass is 285 g/mol. The summed E-state index contributed by atoms with van der Waals surface area (Å²) in [6.07, 6.45) is 5.26. The van der Waals surface area contributed by atoms with Crippen LogP contribution in [0.25, 0.3) is 16.8 Å². The number of hydrogen-bond acceptors (Lipinski definition) is 2. The Morgan fingerprint density at radius 1 is 1.14 bits per heavy atom. The summed E-state index contributed by atoms with van der Waals surface area (Å²) < 4.78 is 15.5. The lowest BCUT2D eigenvalue weighted by molar-refractivity contribution is 0.625. The van der Waals surface area contributed by atoms with Crippen molar-refractivity contribution in [3.05, 3.63) is 54.2 Å². The van der Waals surface area contributed by atoms with E-state index >= 15 is 0 Å². The van der Waals surface area contributed by atoms with E-state index in [0.717, 1.165) is 11.1 Å². The highest BCUT2D eigenvalue weighted by Gasteiger charge is 2.10. The highest BCUT2D eigenvalue weighted by atomic mass is 19.1. The molecule has 0 bridgehead atoms. The number of fused-ring (bicyclic) bond motifs is 1. The zero-order valence-electron chi connectivity index (χ0n) is 12.8. The predicted molar refractivity (Wildman–Crippen MR) is 83.8 cm³/mol. The van der Waals surface area contributed by atoms with Gasteiger partial charge in [-0.25, -0.2) is 8.91 Å². The molecule has 0 saturated carbocycles. The molecule has 3 rings (SSSR count). The molecule has 0 aliphatic rings. The Hall–Kier alpha value is -2.23. The smallest absolute Gasteiger partial charge is 0.149 e. The number of hydrogen-bond donors (Lipinski definition) is 0. The molecule has 0 aromatic carbocycles. The van der Waals surface area contributed by atoms with Gasteiger partial charge in [0.15, 0.2) is 0 Å². The van der Waals surface area contributed by atoms with E-state index in [1.165, 1.54) is 11.6 Å². The van der Waals surface area contributed by atoms with Crippen molar-refractivity contribution in [1.29, 1.82) is 0 Å². The average Bonchev–Trinajstić information content (AvgIpc) is 2.93. The summed E-state index contributed by atoms with van der Waals surface area (Å²) in [5, 5.41) is 4.32. The highest BCUT2D eigenvalue weighted by Crippen LogP contribution is 2.24. The third kappa shape index (κ3) is 2.94. The molecular weight excluding hydrogens is 265 g/mol. The van der Waals surface area contributed by atoms with Crippen LogP contribution in [-0.2, 0) is 0 Å². The van der Waals surface area contributed by atoms with Crippen molar-refractivity contribution in [3.63, 3.8) is 0 Å². The van der Waals surface area contributed by atoms with E-state index in [0.29, 0.717) is 11.6 Å². The Bertz CT molecular complexity index is 732. The number of aromatic nitrogens is 3. The van der Waals surface area contributed by atoms with Crippen molar-refractivity contribution in [3.8, 4) is 11.3 Å². The van der Waals surface area contributed by atoms with Crippen LogP contribution < -0.4 is 0 Å². The summed E-state index contributed by atoms with van der Waals surface area (Å²) in [4.78, 5) is 4.08. The van der Waals surface area contributed by atoms with Crippen LogP contribution in [0.4, 0.5) is 4.39 Å². The molecule has 3 nitrogen and oxygen atoms in total. The molecule has 0 aliphatic carbocycles. The van der Waals surface area contributed by atoms with E-state index in [2.05, 4.69) is 23.9 Å². The molecule has 0 saturated heterocycles. The molecule has 0 aliphatic heterocycles. The molecule has 0 amide bonds. The summed E-state index contributed by atoms with van der Waals surface area (Å²) in [6.45, 7) is 8.26. The Kier molecular flexibility index (Phi) is 4.68. The van der Waals surface area contributed by atoms with Gasteiger partial charge in [0.05, 0.1) is 11.7 Å². The second kappa shape index (κ2) is 6.48. The lowest BCUT2D eigenvalue weighted by Crippen LogP contribution is -1.93. The topological polar surface area (TPSA) is 30.2 Å². The molecule has 0 unspecified atom stereocenters. The molecule has 21 heavy (non-hydrogen) atoms. The van der Waals surface area contributed by atoms with Gasteiger partial charge in [-0.2, -0.15) is 5.10 Å². The van der Waals surface area contributed by atoms with E-state index in [1.54, 1.807) is 16.8 Å². The minimum Gasteiger partial charge on any atom is -0.253 e. The van der Waals surface area contributed by atoms with Crippen molar-refractivity contribution in [2.45, 2.75) is 33.6 Å². The maximum absolute atomic E-state index is 13.7. The van der Waals surface area contributed by atoms with Crippen LogP contribution >= 0.6 is 0 Å². The van der Waals surface area contributed by atoms with E-state index in [-0.39, 0.29) is 5.82 Å². The summed E-state index contributed by atoms with van der Waals surface area (Å²) in [5.41, 5.74) is 3.32. The van der Waals surface area contributed by atoms with Gasteiger partial charge in [-0.3, -0.25) is 4.98 Å². The number of nitrogens with zero attached hydrogens (tertiary/aromatic N) is 3. The molecule has 0 atom stereocenters. The van der Waals surface area contributed by atoms with E-state index in [9.17, 15) is 4.39 Å². The molecule has 110 valence electrons. The second-order valence-electron chi connectivity index (χ2n) is 4.84. The SMILES string of the molecule is CC.CC(C)c1cnn2cc(-c3ncccc3F)ccc12. The van der Waals surface area contributed by atoms with Crippen LogP contribution in [-0.4, -0.2) is 14.6 Å². The predicted octanol–water partition coefficient (Wildman–Crippen LogP) is 4.69. The van der Waals surface area contributed by atoms with E-state index in [4.69, 9.17) is 0 Å². The summed E-state index contributed by atoms with van der Waals surface area (Å²) in [6, 6.07) is 6.84. The lowest BCUT2D eigenvalue weighted by atomic mass is 10.1. The van der Waals surface area contributed by atoms with Crippen molar-refractivity contribution >= 4 is 5.52 Å². The Morgan fingerprint density at radius 3 is 2.57 bits per heavy atom. The van der Waals surface area contributed by atoms with Crippen molar-refractivity contribution in [1.82, 2.24) is 14.6 Å². The van der Waals surface area contributed by atoms with Gasteiger partial charge in [-0.1, -0.05) is 27.7 Å². The third-order valence-electron chi connectivity index (χ3n) is 3.20. The molecule has 0 radical (unpaired) electrons. The fourth-order valence-electron chi connectivity index (χ4n) is 2.19. The Balaban J connectivity index is 0.000000774. The van der Waals surface area contributed by atoms with Crippen LogP contribution in [0.2, 0.25) is 0 Å². The molecular formula is C17H20FN3. The van der Waals surface area contributed by atoms with Gasteiger partial charge in [0.1, 0.15) is 11.5 Å². The summed E-state index contributed by atoms with van der Waals surface area (Å²) in [5.74, 6) is 0.0908. The lowest BCUT2D eigenvalue weighted by Gasteiger charge is -2.05.